The van der Waals surface area contributed by atoms with Crippen LogP contribution in [0.5, 0.6) is 11.5 Å². The Balaban J connectivity index is 2.52. The molecule has 2 aromatic rings. The van der Waals surface area contributed by atoms with Crippen LogP contribution in [0.25, 0.3) is 0 Å². The number of ether oxygens (including phenoxy) is 2. The van der Waals surface area contributed by atoms with E-state index < -0.39 is 0 Å². The average molecular weight is 591 g/mol. The van der Waals surface area contributed by atoms with Crippen LogP contribution in [0.3, 0.4) is 0 Å². The maximum absolute atomic E-state index is 5.39. The molecule has 0 spiro atoms. The van der Waals surface area contributed by atoms with Crippen molar-refractivity contribution in [2.75, 3.05) is 14.2 Å². The molecule has 0 heterocycles. The van der Waals surface area contributed by atoms with Crippen molar-refractivity contribution in [3.8, 4) is 11.5 Å². The van der Waals surface area contributed by atoms with Gasteiger partial charge in [-0.3, -0.25) is 0 Å². The Morgan fingerprint density at radius 3 is 2.10 bits per heavy atom. The largest absolute Gasteiger partial charge is 0.493 e. The zero-order valence-corrected chi connectivity index (χ0v) is 18.2. The van der Waals surface area contributed by atoms with E-state index in [4.69, 9.17) is 9.47 Å². The second-order valence-electron chi connectivity index (χ2n) is 4.26. The highest BCUT2D eigenvalue weighted by molar-refractivity contribution is 14.1. The van der Waals surface area contributed by atoms with Crippen molar-refractivity contribution >= 4 is 70.4 Å². The molecule has 0 aliphatic rings. The highest BCUT2D eigenvalue weighted by atomic mass is 127. The van der Waals surface area contributed by atoms with Gasteiger partial charge in [-0.2, -0.15) is 0 Å². The minimum absolute atomic E-state index is 0.0378. The molecule has 1 unspecified atom stereocenters. The second kappa shape index (κ2) is 7.66. The van der Waals surface area contributed by atoms with E-state index in [1.54, 1.807) is 14.2 Å². The van der Waals surface area contributed by atoms with E-state index in [0.717, 1.165) is 20.1 Å². The van der Waals surface area contributed by atoms with Crippen LogP contribution in [0, 0.1) is 3.57 Å². The SMILES string of the molecule is COc1cc(Br)c(C(Br)c2cc(I)ccc2Br)cc1OC. The van der Waals surface area contributed by atoms with E-state index in [-0.39, 0.29) is 4.83 Å². The molecular formula is C15H12Br3IO2. The lowest BCUT2D eigenvalue weighted by Gasteiger charge is -2.17. The molecule has 112 valence electrons. The lowest BCUT2D eigenvalue weighted by molar-refractivity contribution is 0.354. The van der Waals surface area contributed by atoms with Crippen molar-refractivity contribution in [1.82, 2.24) is 0 Å². The molecule has 0 N–H and O–H groups in total. The molecule has 0 saturated carbocycles. The zero-order valence-electron chi connectivity index (χ0n) is 11.3. The number of alkyl halides is 1. The van der Waals surface area contributed by atoms with Crippen LogP contribution in [-0.4, -0.2) is 14.2 Å². The third-order valence-corrected chi connectivity index (χ3v) is 6.07. The van der Waals surface area contributed by atoms with Crippen molar-refractivity contribution < 1.29 is 9.47 Å². The summed E-state index contributed by atoms with van der Waals surface area (Å²) in [5, 5.41) is 0. The molecule has 2 nitrogen and oxygen atoms in total. The van der Waals surface area contributed by atoms with E-state index >= 15 is 0 Å². The van der Waals surface area contributed by atoms with Crippen LogP contribution >= 0.6 is 70.4 Å². The first kappa shape index (κ1) is 17.6. The molecule has 0 aliphatic carbocycles. The van der Waals surface area contributed by atoms with Crippen molar-refractivity contribution in [3.05, 3.63) is 54.0 Å². The maximum atomic E-state index is 5.39. The third kappa shape index (κ3) is 3.95. The van der Waals surface area contributed by atoms with E-state index in [2.05, 4.69) is 88.6 Å². The Kier molecular flexibility index (Phi) is 6.40. The van der Waals surface area contributed by atoms with E-state index in [9.17, 15) is 0 Å². The zero-order chi connectivity index (χ0) is 15.6. The molecule has 0 fully saturated rings. The fourth-order valence-electron chi connectivity index (χ4n) is 1.94. The molecule has 0 aromatic heterocycles. The van der Waals surface area contributed by atoms with Gasteiger partial charge in [0.25, 0.3) is 0 Å². The van der Waals surface area contributed by atoms with Crippen LogP contribution < -0.4 is 9.47 Å². The van der Waals surface area contributed by atoms with Crippen molar-refractivity contribution in [2.45, 2.75) is 4.83 Å². The first-order valence-electron chi connectivity index (χ1n) is 5.98. The molecule has 0 aliphatic heterocycles. The van der Waals surface area contributed by atoms with E-state index in [0.29, 0.717) is 11.5 Å². The first-order chi connectivity index (χ1) is 9.97. The van der Waals surface area contributed by atoms with Gasteiger partial charge in [-0.1, -0.05) is 47.8 Å². The quantitative estimate of drug-likeness (QED) is 0.307. The summed E-state index contributed by atoms with van der Waals surface area (Å²) in [6.45, 7) is 0. The van der Waals surface area contributed by atoms with Crippen molar-refractivity contribution in [3.63, 3.8) is 0 Å². The first-order valence-corrected chi connectivity index (χ1v) is 9.56. The summed E-state index contributed by atoms with van der Waals surface area (Å²) in [6, 6.07) is 10.2. The van der Waals surface area contributed by atoms with E-state index in [1.807, 2.05) is 12.1 Å². The molecular weight excluding hydrogens is 579 g/mol. The molecule has 0 bridgehead atoms. The normalized spacial score (nSPS) is 12.1. The predicted octanol–water partition coefficient (Wildman–Crippen LogP) is 6.32. The van der Waals surface area contributed by atoms with Crippen molar-refractivity contribution in [1.29, 1.82) is 0 Å². The predicted molar refractivity (Wildman–Crippen MR) is 105 cm³/mol. The van der Waals surface area contributed by atoms with Gasteiger partial charge >= 0.3 is 0 Å². The Hall–Kier alpha value is 0.210. The molecule has 21 heavy (non-hydrogen) atoms. The van der Waals surface area contributed by atoms with Crippen LogP contribution in [0.2, 0.25) is 0 Å². The summed E-state index contributed by atoms with van der Waals surface area (Å²) in [7, 11) is 3.27. The van der Waals surface area contributed by atoms with Gasteiger partial charge in [-0.05, 0) is 64.0 Å². The van der Waals surface area contributed by atoms with Crippen molar-refractivity contribution in [2.24, 2.45) is 0 Å². The van der Waals surface area contributed by atoms with Gasteiger partial charge in [0.2, 0.25) is 0 Å². The van der Waals surface area contributed by atoms with Gasteiger partial charge in [0.15, 0.2) is 11.5 Å². The van der Waals surface area contributed by atoms with Gasteiger partial charge in [0.05, 0.1) is 19.0 Å². The van der Waals surface area contributed by atoms with Gasteiger partial charge in [-0.15, -0.1) is 0 Å². The van der Waals surface area contributed by atoms with Crippen LogP contribution in [0.15, 0.2) is 39.3 Å². The second-order valence-corrected chi connectivity index (χ2v) is 8.13. The highest BCUT2D eigenvalue weighted by Gasteiger charge is 2.19. The molecule has 1 atom stereocenters. The van der Waals surface area contributed by atoms with E-state index in [1.165, 1.54) is 3.57 Å². The maximum Gasteiger partial charge on any atom is 0.161 e. The number of methoxy groups -OCH3 is 2. The number of hydrogen-bond acceptors (Lipinski definition) is 2. The standard InChI is InChI=1S/C15H12Br3IO2/c1-20-13-6-10(12(17)7-14(13)21-2)15(18)9-5-8(19)3-4-11(9)16/h3-7,15H,1-2H3. The Morgan fingerprint density at radius 2 is 1.48 bits per heavy atom. The molecule has 2 aromatic carbocycles. The molecule has 2 rings (SSSR count). The molecule has 6 heteroatoms. The Morgan fingerprint density at radius 1 is 0.905 bits per heavy atom. The monoisotopic (exact) mass is 588 g/mol. The lowest BCUT2D eigenvalue weighted by Crippen LogP contribution is -1.99. The highest BCUT2D eigenvalue weighted by Crippen LogP contribution is 2.43. The Bertz CT molecular complexity index is 662. The van der Waals surface area contributed by atoms with Crippen LogP contribution in [-0.2, 0) is 0 Å². The smallest absolute Gasteiger partial charge is 0.161 e. The number of rotatable bonds is 4. The van der Waals surface area contributed by atoms with Gasteiger partial charge in [-0.25, -0.2) is 0 Å². The average Bonchev–Trinajstić information content (AvgIpc) is 2.48. The van der Waals surface area contributed by atoms with Crippen LogP contribution in [0.1, 0.15) is 16.0 Å². The summed E-state index contributed by atoms with van der Waals surface area (Å²) in [6.07, 6.45) is 0. The summed E-state index contributed by atoms with van der Waals surface area (Å²) >= 11 is 13.3. The number of hydrogen-bond donors (Lipinski definition) is 0. The van der Waals surface area contributed by atoms with Gasteiger partial charge < -0.3 is 9.47 Å². The number of halogens is 4. The fourth-order valence-corrected chi connectivity index (χ4v) is 4.85. The minimum atomic E-state index is 0.0378. The number of benzene rings is 2. The summed E-state index contributed by atoms with van der Waals surface area (Å²) in [5.74, 6) is 1.41. The lowest BCUT2D eigenvalue weighted by atomic mass is 10.0. The van der Waals surface area contributed by atoms with Gasteiger partial charge in [0.1, 0.15) is 0 Å². The molecule has 0 amide bonds. The Labute approximate surface area is 163 Å². The van der Waals surface area contributed by atoms with Gasteiger partial charge in [0, 0.05) is 12.5 Å². The fraction of sp³-hybridized carbons (Fsp3) is 0.200. The topological polar surface area (TPSA) is 18.5 Å². The molecule has 0 radical (unpaired) electrons. The molecule has 0 saturated heterocycles. The summed E-state index contributed by atoms with van der Waals surface area (Å²) < 4.78 is 13.9. The summed E-state index contributed by atoms with van der Waals surface area (Å²) in [5.41, 5.74) is 2.24. The summed E-state index contributed by atoms with van der Waals surface area (Å²) in [4.78, 5) is 0.0378. The third-order valence-electron chi connectivity index (χ3n) is 3.01. The minimum Gasteiger partial charge on any atom is -0.493 e. The van der Waals surface area contributed by atoms with Crippen LogP contribution in [0.4, 0.5) is 0 Å².